The highest BCUT2D eigenvalue weighted by Gasteiger charge is 2.42. The molecule has 2 aromatic carbocycles. The van der Waals surface area contributed by atoms with Crippen molar-refractivity contribution >= 4 is 21.4 Å². The highest BCUT2D eigenvalue weighted by Crippen LogP contribution is 2.36. The van der Waals surface area contributed by atoms with Gasteiger partial charge in [-0.3, -0.25) is 14.9 Å². The first-order valence-electron chi connectivity index (χ1n) is 11.3. The quantitative estimate of drug-likeness (QED) is 0.313. The third-order valence-electron chi connectivity index (χ3n) is 5.99. The summed E-state index contributed by atoms with van der Waals surface area (Å²) >= 11 is 0. The van der Waals surface area contributed by atoms with Gasteiger partial charge in [-0.25, -0.2) is 0 Å². The van der Waals surface area contributed by atoms with Gasteiger partial charge in [0.25, 0.3) is 5.69 Å². The molecule has 0 radical (unpaired) electrons. The molecule has 1 saturated heterocycles. The maximum absolute atomic E-state index is 12.8. The maximum Gasteiger partial charge on any atom is 0.270 e. The van der Waals surface area contributed by atoms with Crippen LogP contribution in [0.25, 0.3) is 11.1 Å². The molecule has 0 bridgehead atoms. The number of rotatable bonds is 8. The molecule has 1 heterocycles. The minimum Gasteiger partial charge on any atom is -0.496 e. The minimum absolute atomic E-state index is 0.00298. The van der Waals surface area contributed by atoms with E-state index in [0.29, 0.717) is 24.3 Å². The Balaban J connectivity index is 1.89. The number of nitrogens with zero attached hydrogens (tertiary/aromatic N) is 2. The van der Waals surface area contributed by atoms with E-state index in [9.17, 15) is 14.9 Å². The third kappa shape index (κ3) is 6.00. The van der Waals surface area contributed by atoms with Gasteiger partial charge in [-0.1, -0.05) is 39.0 Å². The predicted octanol–water partition coefficient (Wildman–Crippen LogP) is 4.86. The molecular formula is C25H34N2O5Si. The zero-order valence-electron chi connectivity index (χ0n) is 20.4. The van der Waals surface area contributed by atoms with Gasteiger partial charge < -0.3 is 14.1 Å². The number of hydrogen-bond acceptors (Lipinski definition) is 5. The Morgan fingerprint density at radius 1 is 1.15 bits per heavy atom. The lowest BCUT2D eigenvalue weighted by atomic mass is 9.96. The Kier molecular flexibility index (Phi) is 7.28. The van der Waals surface area contributed by atoms with Crippen LogP contribution in [0.4, 0.5) is 5.69 Å². The minimum atomic E-state index is -0.768. The average Bonchev–Trinajstić information content (AvgIpc) is 3.13. The summed E-state index contributed by atoms with van der Waals surface area (Å²) in [4.78, 5) is 25.6. The number of ether oxygens (including phenoxy) is 1. The standard InChI is InChI=1S/C25H34N2O5Si/c1-24(2,3)33-32-25(4,5)22-12-13-23(28)26(22)16-17-10-11-21(31-6)20(14-17)18-8-7-9-19(15-18)27(29)30/h7-11,14-15,22H,12-13,16,33H2,1-6H3/t22-/m0/s1. The van der Waals surface area contributed by atoms with Gasteiger partial charge >= 0.3 is 0 Å². The lowest BCUT2D eigenvalue weighted by molar-refractivity contribution is -0.384. The summed E-state index contributed by atoms with van der Waals surface area (Å²) in [7, 11) is 0.810. The number of carbonyl (C=O) groups is 1. The third-order valence-corrected chi connectivity index (χ3v) is 7.75. The SMILES string of the molecule is COc1ccc(CN2C(=O)CC[C@H]2C(C)(C)O[SiH2]C(C)(C)C)cc1-c1cccc([N+](=O)[O-])c1. The molecule has 1 amide bonds. The molecule has 0 spiro atoms. The highest BCUT2D eigenvalue weighted by molar-refractivity contribution is 6.31. The lowest BCUT2D eigenvalue weighted by Gasteiger charge is -2.39. The average molecular weight is 471 g/mol. The normalized spacial score (nSPS) is 17.2. The van der Waals surface area contributed by atoms with Crippen LogP contribution in [0.1, 0.15) is 53.0 Å². The molecule has 0 aromatic heterocycles. The molecule has 3 rings (SSSR count). The summed E-state index contributed by atoms with van der Waals surface area (Å²) in [5.74, 6) is 0.755. The van der Waals surface area contributed by atoms with Crippen LogP contribution in [0, 0.1) is 10.1 Å². The largest absolute Gasteiger partial charge is 0.496 e. The van der Waals surface area contributed by atoms with Crippen molar-refractivity contribution in [2.45, 2.75) is 70.7 Å². The molecule has 0 unspecified atom stereocenters. The molecule has 2 aromatic rings. The van der Waals surface area contributed by atoms with Gasteiger partial charge in [0.05, 0.1) is 23.7 Å². The highest BCUT2D eigenvalue weighted by atomic mass is 28.2. The van der Waals surface area contributed by atoms with E-state index in [1.54, 1.807) is 19.2 Å². The second-order valence-corrected chi connectivity index (χ2v) is 13.1. The van der Waals surface area contributed by atoms with Crippen molar-refractivity contribution in [3.8, 4) is 16.9 Å². The summed E-state index contributed by atoms with van der Waals surface area (Å²) in [5.41, 5.74) is 2.02. The molecule has 1 fully saturated rings. The summed E-state index contributed by atoms with van der Waals surface area (Å²) in [5, 5.41) is 11.4. The van der Waals surface area contributed by atoms with E-state index >= 15 is 0 Å². The molecule has 0 saturated carbocycles. The van der Waals surface area contributed by atoms with Crippen molar-refractivity contribution in [3.05, 3.63) is 58.1 Å². The van der Waals surface area contributed by atoms with Crippen LogP contribution in [-0.2, 0) is 15.8 Å². The van der Waals surface area contributed by atoms with Crippen LogP contribution in [0.2, 0.25) is 5.04 Å². The predicted molar refractivity (Wildman–Crippen MR) is 132 cm³/mol. The Morgan fingerprint density at radius 3 is 2.52 bits per heavy atom. The number of amides is 1. The fourth-order valence-electron chi connectivity index (χ4n) is 4.22. The van der Waals surface area contributed by atoms with Gasteiger partial charge in [-0.15, -0.1) is 0 Å². The molecule has 7 nitrogen and oxygen atoms in total. The van der Waals surface area contributed by atoms with Crippen molar-refractivity contribution in [2.75, 3.05) is 7.11 Å². The zero-order chi connectivity index (χ0) is 24.4. The first kappa shape index (κ1) is 24.9. The second kappa shape index (κ2) is 9.65. The molecule has 178 valence electrons. The number of benzene rings is 2. The van der Waals surface area contributed by atoms with E-state index in [4.69, 9.17) is 9.16 Å². The van der Waals surface area contributed by atoms with Crippen molar-refractivity contribution in [2.24, 2.45) is 0 Å². The van der Waals surface area contributed by atoms with Crippen molar-refractivity contribution in [3.63, 3.8) is 0 Å². The van der Waals surface area contributed by atoms with Crippen LogP contribution in [0.3, 0.4) is 0 Å². The summed E-state index contributed by atoms with van der Waals surface area (Å²) in [6, 6.07) is 12.3. The fraction of sp³-hybridized carbons (Fsp3) is 0.480. The number of non-ortho nitro benzene ring substituents is 1. The summed E-state index contributed by atoms with van der Waals surface area (Å²) in [6.07, 6.45) is 1.29. The smallest absolute Gasteiger partial charge is 0.270 e. The van der Waals surface area contributed by atoms with E-state index in [-0.39, 0.29) is 22.7 Å². The Labute approximate surface area is 198 Å². The van der Waals surface area contributed by atoms with Crippen molar-refractivity contribution in [1.29, 1.82) is 0 Å². The van der Waals surface area contributed by atoms with E-state index < -0.39 is 20.3 Å². The summed E-state index contributed by atoms with van der Waals surface area (Å²) < 4.78 is 11.9. The van der Waals surface area contributed by atoms with Crippen LogP contribution >= 0.6 is 0 Å². The monoisotopic (exact) mass is 470 g/mol. The molecular weight excluding hydrogens is 436 g/mol. The zero-order valence-corrected chi connectivity index (χ0v) is 21.8. The molecule has 1 aliphatic heterocycles. The molecule has 1 aliphatic rings. The van der Waals surface area contributed by atoms with E-state index in [0.717, 1.165) is 17.5 Å². The van der Waals surface area contributed by atoms with Gasteiger partial charge in [0, 0.05) is 30.7 Å². The Morgan fingerprint density at radius 2 is 1.88 bits per heavy atom. The summed E-state index contributed by atoms with van der Waals surface area (Å²) in [6.45, 7) is 11.2. The molecule has 33 heavy (non-hydrogen) atoms. The van der Waals surface area contributed by atoms with Crippen molar-refractivity contribution in [1.82, 2.24) is 4.90 Å². The topological polar surface area (TPSA) is 81.9 Å². The molecule has 0 aliphatic carbocycles. The molecule has 1 atom stereocenters. The number of carbonyl (C=O) groups excluding carboxylic acids is 1. The van der Waals surface area contributed by atoms with Gasteiger partial charge in [0.15, 0.2) is 9.76 Å². The van der Waals surface area contributed by atoms with E-state index in [1.165, 1.54) is 6.07 Å². The molecule has 0 N–H and O–H groups in total. The first-order chi connectivity index (χ1) is 15.4. The van der Waals surface area contributed by atoms with Crippen LogP contribution < -0.4 is 4.74 Å². The van der Waals surface area contributed by atoms with E-state index in [2.05, 4.69) is 34.6 Å². The fourth-order valence-corrected chi connectivity index (χ4v) is 5.21. The molecule has 8 heteroatoms. The number of methoxy groups -OCH3 is 1. The van der Waals surface area contributed by atoms with Gasteiger partial charge in [-0.2, -0.15) is 0 Å². The number of nitro benzene ring substituents is 1. The van der Waals surface area contributed by atoms with E-state index in [1.807, 2.05) is 29.2 Å². The van der Waals surface area contributed by atoms with Gasteiger partial charge in [0.1, 0.15) is 5.75 Å². The van der Waals surface area contributed by atoms with Crippen LogP contribution in [0.15, 0.2) is 42.5 Å². The van der Waals surface area contributed by atoms with Crippen LogP contribution in [-0.4, -0.2) is 44.2 Å². The lowest BCUT2D eigenvalue weighted by Crippen LogP contribution is -2.49. The van der Waals surface area contributed by atoms with Gasteiger partial charge in [-0.05, 0) is 48.6 Å². The number of likely N-dealkylation sites (tertiary alicyclic amines) is 1. The number of nitro groups is 1. The van der Waals surface area contributed by atoms with Crippen LogP contribution in [0.5, 0.6) is 5.75 Å². The van der Waals surface area contributed by atoms with Crippen molar-refractivity contribution < 1.29 is 18.9 Å². The first-order valence-corrected chi connectivity index (χ1v) is 12.5. The maximum atomic E-state index is 12.8. The Bertz CT molecular complexity index is 1030. The number of hydrogen-bond donors (Lipinski definition) is 0. The second-order valence-electron chi connectivity index (χ2n) is 10.4. The Hall–Kier alpha value is -2.71. The van der Waals surface area contributed by atoms with Gasteiger partial charge in [0.2, 0.25) is 5.91 Å².